The van der Waals surface area contributed by atoms with E-state index >= 15 is 0 Å². The first-order valence-corrected chi connectivity index (χ1v) is 18.1. The Labute approximate surface area is 296 Å². The molecule has 0 radical (unpaired) electrons. The molecule has 0 aromatic heterocycles. The van der Waals surface area contributed by atoms with Crippen LogP contribution in [0, 0.1) is 17.8 Å². The maximum absolute atomic E-state index is 2.48. The van der Waals surface area contributed by atoms with Crippen molar-refractivity contribution in [2.45, 2.75) is 25.2 Å². The van der Waals surface area contributed by atoms with Gasteiger partial charge in [-0.2, -0.15) is 0 Å². The summed E-state index contributed by atoms with van der Waals surface area (Å²) in [5.74, 6) is 1.06. The lowest BCUT2D eigenvalue weighted by molar-refractivity contribution is 0.358. The number of fused-ring (bicyclic) bond motifs is 7. The Bertz CT molecular complexity index is 2180. The number of anilines is 1. The van der Waals surface area contributed by atoms with E-state index in [1.807, 2.05) is 0 Å². The smallest absolute Gasteiger partial charge is 0.0452 e. The molecule has 1 heteroatoms. The quantitative estimate of drug-likeness (QED) is 0.178. The number of hydrogen-bond acceptors (Lipinski definition) is 1. The topological polar surface area (TPSA) is 3.24 Å². The molecule has 5 aromatic rings. The van der Waals surface area contributed by atoms with Crippen molar-refractivity contribution in [2.24, 2.45) is 17.8 Å². The molecule has 242 valence electrons. The van der Waals surface area contributed by atoms with E-state index in [1.165, 1.54) is 61.5 Å². The van der Waals surface area contributed by atoms with Gasteiger partial charge in [0.1, 0.15) is 0 Å². The number of nitrogens with zero attached hydrogens (tertiary/aromatic N) is 1. The summed E-state index contributed by atoms with van der Waals surface area (Å²) in [5, 5.41) is 0. The van der Waals surface area contributed by atoms with Gasteiger partial charge >= 0.3 is 0 Å². The molecule has 5 aromatic carbocycles. The molecular weight excluding hydrogens is 603 g/mol. The molecule has 50 heavy (non-hydrogen) atoms. The van der Waals surface area contributed by atoms with E-state index in [4.69, 9.17) is 0 Å². The molecule has 0 heterocycles. The molecule has 9 rings (SSSR count). The van der Waals surface area contributed by atoms with Crippen molar-refractivity contribution in [3.05, 3.63) is 216 Å². The third-order valence-corrected chi connectivity index (χ3v) is 11.6. The van der Waals surface area contributed by atoms with Gasteiger partial charge in [0, 0.05) is 34.8 Å². The van der Waals surface area contributed by atoms with Gasteiger partial charge in [0.15, 0.2) is 0 Å². The van der Waals surface area contributed by atoms with Gasteiger partial charge in [0.05, 0.1) is 0 Å². The first kappa shape index (κ1) is 30.4. The van der Waals surface area contributed by atoms with Gasteiger partial charge in [0.25, 0.3) is 0 Å². The standard InChI is InChI=1S/C49H41N/c1-35-42(43-19-8-11-23-46(43)49(35)47-24-12-9-20-44(47)45-21-10-13-25-48(45)49)22-14-34-50(40-30-26-38(27-31-40)36-15-4-2-5-16-36)41-32-28-39(29-33-41)37-17-6-3-7-18-37/h2-28,30-32,34-35,43,46H,29,33H2,1H3/b34-14+,42-22+. The molecule has 1 spiro atoms. The molecule has 0 aliphatic heterocycles. The fraction of sp³-hybridized carbons (Fsp3) is 0.143. The van der Waals surface area contributed by atoms with E-state index in [1.54, 1.807) is 0 Å². The first-order valence-electron chi connectivity index (χ1n) is 18.1. The summed E-state index contributed by atoms with van der Waals surface area (Å²) in [4.78, 5) is 2.40. The monoisotopic (exact) mass is 643 g/mol. The Morgan fingerprint density at radius 2 is 1.20 bits per heavy atom. The summed E-state index contributed by atoms with van der Waals surface area (Å²) in [7, 11) is 0. The lowest BCUT2D eigenvalue weighted by Crippen LogP contribution is -2.36. The van der Waals surface area contributed by atoms with Crippen LogP contribution in [0.5, 0.6) is 0 Å². The summed E-state index contributed by atoms with van der Waals surface area (Å²) in [6.07, 6.45) is 23.1. The second kappa shape index (κ2) is 12.7. The number of rotatable bonds is 6. The van der Waals surface area contributed by atoms with E-state index in [-0.39, 0.29) is 5.41 Å². The zero-order valence-electron chi connectivity index (χ0n) is 28.5. The van der Waals surface area contributed by atoms with Gasteiger partial charge in [0.2, 0.25) is 0 Å². The molecular formula is C49H41N. The van der Waals surface area contributed by atoms with Crippen LogP contribution in [0.15, 0.2) is 200 Å². The highest BCUT2D eigenvalue weighted by Crippen LogP contribution is 2.66. The lowest BCUT2D eigenvalue weighted by atomic mass is 9.64. The molecule has 0 saturated heterocycles. The largest absolute Gasteiger partial charge is 0.321 e. The number of benzene rings is 5. The van der Waals surface area contributed by atoms with Crippen molar-refractivity contribution in [3.63, 3.8) is 0 Å². The summed E-state index contributed by atoms with van der Waals surface area (Å²) in [6.45, 7) is 2.47. The minimum Gasteiger partial charge on any atom is -0.321 e. The molecule has 1 nitrogen and oxygen atoms in total. The lowest BCUT2D eigenvalue weighted by Gasteiger charge is -2.37. The van der Waals surface area contributed by atoms with Crippen molar-refractivity contribution in [2.75, 3.05) is 4.90 Å². The molecule has 4 aliphatic rings. The van der Waals surface area contributed by atoms with Crippen LogP contribution in [0.25, 0.3) is 27.8 Å². The summed E-state index contributed by atoms with van der Waals surface area (Å²) in [5.41, 5.74) is 14.8. The van der Waals surface area contributed by atoms with Crippen LogP contribution in [-0.4, -0.2) is 0 Å². The molecule has 1 saturated carbocycles. The molecule has 0 amide bonds. The Kier molecular flexibility index (Phi) is 7.70. The van der Waals surface area contributed by atoms with E-state index in [9.17, 15) is 0 Å². The summed E-state index contributed by atoms with van der Waals surface area (Å²) in [6, 6.07) is 48.7. The van der Waals surface area contributed by atoms with Crippen molar-refractivity contribution in [1.82, 2.24) is 0 Å². The van der Waals surface area contributed by atoms with Crippen molar-refractivity contribution in [1.29, 1.82) is 0 Å². The third-order valence-electron chi connectivity index (χ3n) is 11.6. The first-order chi connectivity index (χ1) is 24.7. The summed E-state index contributed by atoms with van der Waals surface area (Å²) >= 11 is 0. The Balaban J connectivity index is 1.11. The van der Waals surface area contributed by atoms with Crippen LogP contribution in [0.4, 0.5) is 5.69 Å². The fourth-order valence-electron chi connectivity index (χ4n) is 9.34. The Morgan fingerprint density at radius 3 is 1.86 bits per heavy atom. The highest BCUT2D eigenvalue weighted by Gasteiger charge is 2.59. The molecule has 0 bridgehead atoms. The van der Waals surface area contributed by atoms with Crippen LogP contribution in [0.1, 0.15) is 36.5 Å². The number of hydrogen-bond donors (Lipinski definition) is 0. The van der Waals surface area contributed by atoms with Gasteiger partial charge < -0.3 is 4.90 Å². The van der Waals surface area contributed by atoms with E-state index in [0.29, 0.717) is 17.8 Å². The average molecular weight is 644 g/mol. The molecule has 3 unspecified atom stereocenters. The van der Waals surface area contributed by atoms with Gasteiger partial charge in [-0.05, 0) is 87.6 Å². The third kappa shape index (κ3) is 4.91. The maximum Gasteiger partial charge on any atom is 0.0452 e. The Morgan fingerprint density at radius 1 is 0.600 bits per heavy atom. The normalized spacial score (nSPS) is 21.9. The minimum atomic E-state index is -0.0870. The van der Waals surface area contributed by atoms with Crippen LogP contribution in [0.3, 0.4) is 0 Å². The highest BCUT2D eigenvalue weighted by atomic mass is 15.1. The minimum absolute atomic E-state index is 0.0870. The van der Waals surface area contributed by atoms with Crippen LogP contribution in [0.2, 0.25) is 0 Å². The van der Waals surface area contributed by atoms with Crippen molar-refractivity contribution in [3.8, 4) is 22.3 Å². The molecule has 1 fully saturated rings. The van der Waals surface area contributed by atoms with Crippen LogP contribution >= 0.6 is 0 Å². The maximum atomic E-state index is 2.48. The second-order valence-corrected chi connectivity index (χ2v) is 14.0. The predicted octanol–water partition coefficient (Wildman–Crippen LogP) is 12.3. The van der Waals surface area contributed by atoms with Crippen molar-refractivity contribution < 1.29 is 0 Å². The fourth-order valence-corrected chi connectivity index (χ4v) is 9.34. The van der Waals surface area contributed by atoms with Crippen LogP contribution < -0.4 is 4.90 Å². The predicted molar refractivity (Wildman–Crippen MR) is 210 cm³/mol. The SMILES string of the molecule is CC1/C(=C\C=C\N(C2=CC=C(c3ccccc3)CC2)c2ccc(-c3ccccc3)cc2)C2C=CC=CC2C12c1ccccc1-c1ccccc12. The molecule has 4 aliphatic carbocycles. The van der Waals surface area contributed by atoms with Crippen molar-refractivity contribution >= 4 is 11.3 Å². The van der Waals surface area contributed by atoms with E-state index < -0.39 is 0 Å². The Hall–Kier alpha value is -5.66. The number of allylic oxidation sites excluding steroid dienone is 11. The highest BCUT2D eigenvalue weighted by molar-refractivity contribution is 5.83. The van der Waals surface area contributed by atoms with Gasteiger partial charge in [-0.1, -0.05) is 170 Å². The average Bonchev–Trinajstić information content (AvgIpc) is 3.63. The van der Waals surface area contributed by atoms with Crippen LogP contribution in [-0.2, 0) is 5.41 Å². The van der Waals surface area contributed by atoms with Gasteiger partial charge in [-0.15, -0.1) is 0 Å². The second-order valence-electron chi connectivity index (χ2n) is 14.0. The van der Waals surface area contributed by atoms with E-state index in [2.05, 4.69) is 200 Å². The zero-order chi connectivity index (χ0) is 33.5. The zero-order valence-corrected chi connectivity index (χ0v) is 28.5. The van der Waals surface area contributed by atoms with E-state index in [0.717, 1.165) is 12.8 Å². The molecule has 3 atom stereocenters. The van der Waals surface area contributed by atoms with Gasteiger partial charge in [-0.25, -0.2) is 0 Å². The van der Waals surface area contributed by atoms with Gasteiger partial charge in [-0.3, -0.25) is 0 Å². The summed E-state index contributed by atoms with van der Waals surface area (Å²) < 4.78 is 0. The molecule has 0 N–H and O–H groups in total.